The summed E-state index contributed by atoms with van der Waals surface area (Å²) < 4.78 is 2.04. The van der Waals surface area contributed by atoms with E-state index in [0.717, 1.165) is 6.54 Å². The van der Waals surface area contributed by atoms with E-state index in [1.165, 1.54) is 18.4 Å². The van der Waals surface area contributed by atoms with Crippen molar-refractivity contribution in [3.8, 4) is 0 Å². The van der Waals surface area contributed by atoms with Gasteiger partial charge in [0.15, 0.2) is 0 Å². The first-order valence-corrected chi connectivity index (χ1v) is 5.89. The molecule has 15 heavy (non-hydrogen) atoms. The molecule has 0 spiro atoms. The predicted octanol–water partition coefficient (Wildman–Crippen LogP) is 2.53. The molecule has 1 heterocycles. The van der Waals surface area contributed by atoms with E-state index in [1.807, 2.05) is 10.9 Å². The van der Waals surface area contributed by atoms with Gasteiger partial charge in [-0.05, 0) is 39.3 Å². The highest BCUT2D eigenvalue weighted by atomic mass is 15.3. The van der Waals surface area contributed by atoms with Gasteiger partial charge in [-0.25, -0.2) is 0 Å². The van der Waals surface area contributed by atoms with Gasteiger partial charge in [0.2, 0.25) is 0 Å². The molecule has 0 aliphatic heterocycles. The Labute approximate surface area is 92.9 Å². The molecule has 0 saturated heterocycles. The summed E-state index contributed by atoms with van der Waals surface area (Å²) in [6.45, 7) is 9.81. The van der Waals surface area contributed by atoms with Gasteiger partial charge in [0.25, 0.3) is 0 Å². The molecule has 86 valence electrons. The van der Waals surface area contributed by atoms with Gasteiger partial charge in [0.1, 0.15) is 0 Å². The molecular weight excluding hydrogens is 186 g/mol. The Bertz CT molecular complexity index is 280. The van der Waals surface area contributed by atoms with Crippen molar-refractivity contribution >= 4 is 0 Å². The second-order valence-corrected chi connectivity index (χ2v) is 4.33. The maximum atomic E-state index is 4.34. The maximum Gasteiger partial charge on any atom is 0.0641 e. The molecule has 0 amide bonds. The Balaban J connectivity index is 2.42. The fourth-order valence-electron chi connectivity index (χ4n) is 1.56. The van der Waals surface area contributed by atoms with Crippen LogP contribution in [0.15, 0.2) is 12.4 Å². The minimum absolute atomic E-state index is 0.413. The van der Waals surface area contributed by atoms with Gasteiger partial charge < -0.3 is 5.32 Å². The summed E-state index contributed by atoms with van der Waals surface area (Å²) in [6.07, 6.45) is 6.50. The quantitative estimate of drug-likeness (QED) is 0.730. The van der Waals surface area contributed by atoms with E-state index in [4.69, 9.17) is 0 Å². The zero-order valence-electron chi connectivity index (χ0n) is 10.3. The molecule has 0 aliphatic rings. The Morgan fingerprint density at radius 2 is 2.20 bits per heavy atom. The maximum absolute atomic E-state index is 4.34. The van der Waals surface area contributed by atoms with Crippen LogP contribution in [-0.2, 0) is 0 Å². The van der Waals surface area contributed by atoms with E-state index < -0.39 is 0 Å². The SMILES string of the molecule is CCCCN[C@H](C)[C@@H](C)n1cc(C)cn1. The Morgan fingerprint density at radius 3 is 2.73 bits per heavy atom. The minimum atomic E-state index is 0.413. The van der Waals surface area contributed by atoms with Crippen LogP contribution in [0, 0.1) is 6.92 Å². The van der Waals surface area contributed by atoms with Crippen LogP contribution < -0.4 is 5.32 Å². The van der Waals surface area contributed by atoms with Crippen LogP contribution in [0.4, 0.5) is 0 Å². The average Bonchev–Trinajstić information content (AvgIpc) is 2.64. The third-order valence-corrected chi connectivity index (χ3v) is 2.87. The summed E-state index contributed by atoms with van der Waals surface area (Å²) in [5, 5.41) is 7.87. The van der Waals surface area contributed by atoms with Crippen molar-refractivity contribution in [2.24, 2.45) is 0 Å². The first kappa shape index (κ1) is 12.2. The lowest BCUT2D eigenvalue weighted by molar-refractivity contribution is 0.364. The fraction of sp³-hybridized carbons (Fsp3) is 0.750. The number of nitrogens with zero attached hydrogens (tertiary/aromatic N) is 2. The zero-order valence-corrected chi connectivity index (χ0v) is 10.3. The van der Waals surface area contributed by atoms with E-state index in [0.29, 0.717) is 12.1 Å². The molecule has 3 nitrogen and oxygen atoms in total. The standard InChI is InChI=1S/C12H23N3/c1-5-6-7-13-11(3)12(4)15-9-10(2)8-14-15/h8-9,11-13H,5-7H2,1-4H3/t11-,12-/m1/s1. The zero-order chi connectivity index (χ0) is 11.3. The largest absolute Gasteiger partial charge is 0.312 e. The molecule has 3 heteroatoms. The second-order valence-electron chi connectivity index (χ2n) is 4.33. The Kier molecular flexibility index (Phi) is 4.82. The summed E-state index contributed by atoms with van der Waals surface area (Å²) in [6, 6.07) is 0.881. The second kappa shape index (κ2) is 5.91. The van der Waals surface area contributed by atoms with Crippen molar-refractivity contribution in [1.29, 1.82) is 0 Å². The van der Waals surface area contributed by atoms with E-state index in [2.05, 4.69) is 44.3 Å². The number of nitrogens with one attached hydrogen (secondary N) is 1. The number of hydrogen-bond donors (Lipinski definition) is 1. The smallest absolute Gasteiger partial charge is 0.0641 e. The van der Waals surface area contributed by atoms with Crippen LogP contribution in [0.3, 0.4) is 0 Å². The van der Waals surface area contributed by atoms with Crippen molar-refractivity contribution in [3.63, 3.8) is 0 Å². The molecule has 1 aromatic heterocycles. The summed E-state index contributed by atoms with van der Waals surface area (Å²) >= 11 is 0. The van der Waals surface area contributed by atoms with E-state index >= 15 is 0 Å². The number of rotatable bonds is 6. The lowest BCUT2D eigenvalue weighted by Crippen LogP contribution is -2.34. The molecule has 0 fully saturated rings. The molecule has 0 aliphatic carbocycles. The van der Waals surface area contributed by atoms with Crippen molar-refractivity contribution in [2.75, 3.05) is 6.54 Å². The van der Waals surface area contributed by atoms with Gasteiger partial charge in [-0.2, -0.15) is 5.10 Å². The van der Waals surface area contributed by atoms with E-state index in [1.54, 1.807) is 0 Å². The highest BCUT2D eigenvalue weighted by Gasteiger charge is 2.13. The molecule has 2 atom stereocenters. The van der Waals surface area contributed by atoms with Gasteiger partial charge in [-0.3, -0.25) is 4.68 Å². The average molecular weight is 209 g/mol. The third kappa shape index (κ3) is 3.67. The first-order chi connectivity index (χ1) is 7.15. The molecule has 0 saturated carbocycles. The van der Waals surface area contributed by atoms with Crippen LogP contribution in [0.5, 0.6) is 0 Å². The van der Waals surface area contributed by atoms with Crippen molar-refractivity contribution < 1.29 is 0 Å². The highest BCUT2D eigenvalue weighted by molar-refractivity contribution is 5.00. The minimum Gasteiger partial charge on any atom is -0.312 e. The van der Waals surface area contributed by atoms with Crippen LogP contribution in [0.2, 0.25) is 0 Å². The summed E-state index contributed by atoms with van der Waals surface area (Å²) in [4.78, 5) is 0. The fourth-order valence-corrected chi connectivity index (χ4v) is 1.56. The molecule has 1 aromatic rings. The van der Waals surface area contributed by atoms with Crippen molar-refractivity contribution in [2.45, 2.75) is 52.6 Å². The van der Waals surface area contributed by atoms with Gasteiger partial charge >= 0.3 is 0 Å². The molecule has 0 radical (unpaired) electrons. The van der Waals surface area contributed by atoms with E-state index in [-0.39, 0.29) is 0 Å². The van der Waals surface area contributed by atoms with Gasteiger partial charge in [-0.15, -0.1) is 0 Å². The highest BCUT2D eigenvalue weighted by Crippen LogP contribution is 2.10. The van der Waals surface area contributed by atoms with Crippen LogP contribution in [0.25, 0.3) is 0 Å². The molecule has 0 bridgehead atoms. The Morgan fingerprint density at radius 1 is 1.47 bits per heavy atom. The van der Waals surface area contributed by atoms with Gasteiger partial charge in [0, 0.05) is 12.2 Å². The van der Waals surface area contributed by atoms with E-state index in [9.17, 15) is 0 Å². The topological polar surface area (TPSA) is 29.9 Å². The summed E-state index contributed by atoms with van der Waals surface area (Å²) in [7, 11) is 0. The predicted molar refractivity (Wildman–Crippen MR) is 64.0 cm³/mol. The van der Waals surface area contributed by atoms with Crippen molar-refractivity contribution in [3.05, 3.63) is 18.0 Å². The molecule has 0 aromatic carbocycles. The number of hydrogen-bond acceptors (Lipinski definition) is 2. The molecule has 0 unspecified atom stereocenters. The normalized spacial score (nSPS) is 15.2. The lowest BCUT2D eigenvalue weighted by Gasteiger charge is -2.21. The lowest BCUT2D eigenvalue weighted by atomic mass is 10.1. The van der Waals surface area contributed by atoms with Crippen LogP contribution >= 0.6 is 0 Å². The van der Waals surface area contributed by atoms with Gasteiger partial charge in [-0.1, -0.05) is 13.3 Å². The Hall–Kier alpha value is -0.830. The summed E-state index contributed by atoms with van der Waals surface area (Å²) in [5.41, 5.74) is 1.22. The van der Waals surface area contributed by atoms with Crippen LogP contribution in [-0.4, -0.2) is 22.4 Å². The van der Waals surface area contributed by atoms with Crippen molar-refractivity contribution in [1.82, 2.24) is 15.1 Å². The third-order valence-electron chi connectivity index (χ3n) is 2.87. The number of aryl methyl sites for hydroxylation is 1. The molecule has 1 rings (SSSR count). The molecular formula is C12H23N3. The molecule has 1 N–H and O–H groups in total. The summed E-state index contributed by atoms with van der Waals surface area (Å²) in [5.74, 6) is 0. The number of unbranched alkanes of at least 4 members (excludes halogenated alkanes) is 1. The monoisotopic (exact) mass is 209 g/mol. The van der Waals surface area contributed by atoms with Gasteiger partial charge in [0.05, 0.1) is 12.2 Å². The van der Waals surface area contributed by atoms with Crippen LogP contribution in [0.1, 0.15) is 45.2 Å². The first-order valence-electron chi connectivity index (χ1n) is 5.89. The number of aromatic nitrogens is 2.